The monoisotopic (exact) mass is 404 g/mol. The van der Waals surface area contributed by atoms with Crippen LogP contribution in [-0.4, -0.2) is 30.5 Å². The quantitative estimate of drug-likeness (QED) is 0.565. The maximum Gasteiger partial charge on any atom is 0.338 e. The average Bonchev–Trinajstić information content (AvgIpc) is 2.64. The summed E-state index contributed by atoms with van der Waals surface area (Å²) in [5.41, 5.74) is 3.53. The molecule has 0 radical (unpaired) electrons. The highest BCUT2D eigenvalue weighted by Crippen LogP contribution is 2.15. The number of benzene rings is 2. The Hall–Kier alpha value is -2.14. The molecule has 1 aliphatic rings. The molecule has 0 aromatic heterocycles. The van der Waals surface area contributed by atoms with E-state index in [-0.39, 0.29) is 11.9 Å². The zero-order valence-electron chi connectivity index (χ0n) is 14.2. The smallest absolute Gasteiger partial charge is 0.338 e. The van der Waals surface area contributed by atoms with Gasteiger partial charge in [-0.3, -0.25) is 0 Å². The summed E-state index contributed by atoms with van der Waals surface area (Å²) in [5.74, 6) is -0.420. The number of carbonyl (C=O) groups excluding carboxylic acids is 2. The number of carbonyl (C=O) groups is 2. The molecule has 3 rings (SSSR count). The van der Waals surface area contributed by atoms with Gasteiger partial charge in [0.15, 0.2) is 0 Å². The summed E-state index contributed by atoms with van der Waals surface area (Å²) in [4.78, 5) is 22.6. The fourth-order valence-corrected chi connectivity index (χ4v) is 2.94. The van der Waals surface area contributed by atoms with Crippen molar-refractivity contribution in [1.29, 1.82) is 0 Å². The molecule has 0 amide bonds. The van der Waals surface area contributed by atoms with Gasteiger partial charge in [-0.25, -0.2) is 9.59 Å². The Morgan fingerprint density at radius 3 is 2.60 bits per heavy atom. The molecule has 0 aliphatic carbocycles. The second-order valence-corrected chi connectivity index (χ2v) is 6.15. The van der Waals surface area contributed by atoms with Crippen molar-refractivity contribution < 1.29 is 19.1 Å². The molecule has 2 aromatic rings. The zero-order valence-corrected chi connectivity index (χ0v) is 15.8. The lowest BCUT2D eigenvalue weighted by Crippen LogP contribution is -2.16. The van der Waals surface area contributed by atoms with E-state index in [9.17, 15) is 9.59 Å². The van der Waals surface area contributed by atoms with Gasteiger partial charge in [0.05, 0.1) is 24.3 Å². The van der Waals surface area contributed by atoms with Crippen molar-refractivity contribution in [3.05, 3.63) is 70.8 Å². The first kappa shape index (κ1) is 19.2. The zero-order chi connectivity index (χ0) is 18.1. The summed E-state index contributed by atoms with van der Waals surface area (Å²) in [6.07, 6.45) is 1.69. The molecule has 1 aliphatic heterocycles. The standard InChI is InChI=1S/C11H13BrO2.C9H8O2/c1-2-14-11(13)10-6-4-3-5-9(10)7-8-12;10-9-8-4-2-1-3-7(8)5-6-11-9/h3-6H,2,7-8H2,1H3;1-4H,5-6H2. The molecule has 1 heterocycles. The molecular weight excluding hydrogens is 384 g/mol. The first-order valence-electron chi connectivity index (χ1n) is 8.23. The maximum absolute atomic E-state index is 11.5. The fraction of sp³-hybridized carbons (Fsp3) is 0.300. The van der Waals surface area contributed by atoms with Gasteiger partial charge in [-0.2, -0.15) is 0 Å². The third-order valence-electron chi connectivity index (χ3n) is 3.72. The van der Waals surface area contributed by atoms with Crippen LogP contribution >= 0.6 is 15.9 Å². The molecule has 0 spiro atoms. The predicted molar refractivity (Wildman–Crippen MR) is 100 cm³/mol. The van der Waals surface area contributed by atoms with Crippen molar-refractivity contribution in [2.75, 3.05) is 18.5 Å². The number of fused-ring (bicyclic) bond motifs is 1. The van der Waals surface area contributed by atoms with Crippen LogP contribution in [0.4, 0.5) is 0 Å². The molecule has 0 fully saturated rings. The third-order valence-corrected chi connectivity index (χ3v) is 4.11. The van der Waals surface area contributed by atoms with Gasteiger partial charge in [-0.15, -0.1) is 0 Å². The summed E-state index contributed by atoms with van der Waals surface area (Å²) in [6.45, 7) is 2.75. The van der Waals surface area contributed by atoms with Crippen LogP contribution in [0.2, 0.25) is 0 Å². The van der Waals surface area contributed by atoms with E-state index in [4.69, 9.17) is 9.47 Å². The van der Waals surface area contributed by atoms with Crippen molar-refractivity contribution in [1.82, 2.24) is 0 Å². The number of esters is 2. The largest absolute Gasteiger partial charge is 0.462 e. The minimum Gasteiger partial charge on any atom is -0.462 e. The van der Waals surface area contributed by atoms with Crippen LogP contribution in [-0.2, 0) is 22.3 Å². The number of halogens is 1. The summed E-state index contributed by atoms with van der Waals surface area (Å²) in [7, 11) is 0. The highest BCUT2D eigenvalue weighted by atomic mass is 79.9. The van der Waals surface area contributed by atoms with E-state index in [1.54, 1.807) is 12.1 Å². The summed E-state index contributed by atoms with van der Waals surface area (Å²) < 4.78 is 9.83. The lowest BCUT2D eigenvalue weighted by atomic mass is 10.0. The molecule has 132 valence electrons. The number of hydrogen-bond acceptors (Lipinski definition) is 4. The first-order valence-corrected chi connectivity index (χ1v) is 9.35. The Kier molecular flexibility index (Phi) is 7.67. The number of rotatable bonds is 4. The molecule has 0 unspecified atom stereocenters. The Labute approximate surface area is 156 Å². The van der Waals surface area contributed by atoms with E-state index < -0.39 is 0 Å². The lowest BCUT2D eigenvalue weighted by molar-refractivity contribution is 0.0478. The van der Waals surface area contributed by atoms with E-state index in [0.29, 0.717) is 18.8 Å². The fourth-order valence-electron chi connectivity index (χ4n) is 2.52. The first-order chi connectivity index (χ1) is 12.2. The van der Waals surface area contributed by atoms with Gasteiger partial charge < -0.3 is 9.47 Å². The molecular formula is C20H21BrO4. The van der Waals surface area contributed by atoms with E-state index in [1.165, 1.54) is 0 Å². The molecule has 0 saturated heterocycles. The van der Waals surface area contributed by atoms with Gasteiger partial charge in [0.25, 0.3) is 0 Å². The highest BCUT2D eigenvalue weighted by Gasteiger charge is 2.16. The normalized spacial score (nSPS) is 12.3. The van der Waals surface area contributed by atoms with Gasteiger partial charge in [-0.1, -0.05) is 52.3 Å². The van der Waals surface area contributed by atoms with Crippen LogP contribution in [0.25, 0.3) is 0 Å². The number of hydrogen-bond donors (Lipinski definition) is 0. The molecule has 0 bridgehead atoms. The molecule has 0 saturated carbocycles. The van der Waals surface area contributed by atoms with Crippen molar-refractivity contribution in [3.63, 3.8) is 0 Å². The van der Waals surface area contributed by atoms with Gasteiger partial charge in [0.1, 0.15) is 0 Å². The van der Waals surface area contributed by atoms with E-state index in [1.807, 2.05) is 43.3 Å². The SMILES string of the molecule is CCOC(=O)c1ccccc1CCBr.O=C1OCCc2ccccc21. The van der Waals surface area contributed by atoms with Crippen LogP contribution in [0.15, 0.2) is 48.5 Å². The second-order valence-electron chi connectivity index (χ2n) is 5.36. The topological polar surface area (TPSA) is 52.6 Å². The second kappa shape index (κ2) is 9.99. The third kappa shape index (κ3) is 5.43. The van der Waals surface area contributed by atoms with E-state index in [2.05, 4.69) is 15.9 Å². The predicted octanol–water partition coefficient (Wildman–Crippen LogP) is 4.20. The Balaban J connectivity index is 0.000000185. The van der Waals surface area contributed by atoms with Crippen molar-refractivity contribution in [2.24, 2.45) is 0 Å². The molecule has 2 aromatic carbocycles. The van der Waals surface area contributed by atoms with Crippen LogP contribution in [0.3, 0.4) is 0 Å². The van der Waals surface area contributed by atoms with Gasteiger partial charge in [0, 0.05) is 11.8 Å². The molecule has 5 heteroatoms. The van der Waals surface area contributed by atoms with Gasteiger partial charge in [0.2, 0.25) is 0 Å². The Morgan fingerprint density at radius 2 is 1.88 bits per heavy atom. The van der Waals surface area contributed by atoms with Crippen LogP contribution in [0, 0.1) is 0 Å². The molecule has 4 nitrogen and oxygen atoms in total. The minimum atomic E-state index is -0.232. The number of alkyl halides is 1. The summed E-state index contributed by atoms with van der Waals surface area (Å²) in [5, 5.41) is 0.851. The van der Waals surface area contributed by atoms with E-state index in [0.717, 1.165) is 34.9 Å². The average molecular weight is 405 g/mol. The number of aryl methyl sites for hydroxylation is 1. The lowest BCUT2D eigenvalue weighted by Gasteiger charge is -2.14. The van der Waals surface area contributed by atoms with Gasteiger partial charge in [-0.05, 0) is 36.6 Å². The van der Waals surface area contributed by atoms with Crippen molar-refractivity contribution >= 4 is 27.9 Å². The molecule has 0 atom stereocenters. The number of cyclic esters (lactones) is 1. The summed E-state index contributed by atoms with van der Waals surface area (Å²) in [6, 6.07) is 15.1. The summed E-state index contributed by atoms with van der Waals surface area (Å²) >= 11 is 3.36. The van der Waals surface area contributed by atoms with Gasteiger partial charge >= 0.3 is 11.9 Å². The van der Waals surface area contributed by atoms with Crippen LogP contribution in [0.5, 0.6) is 0 Å². The van der Waals surface area contributed by atoms with Crippen molar-refractivity contribution in [2.45, 2.75) is 19.8 Å². The number of ether oxygens (including phenoxy) is 2. The van der Waals surface area contributed by atoms with E-state index >= 15 is 0 Å². The molecule has 0 N–H and O–H groups in total. The highest BCUT2D eigenvalue weighted by molar-refractivity contribution is 9.09. The maximum atomic E-state index is 11.5. The minimum absolute atomic E-state index is 0.188. The Morgan fingerprint density at radius 1 is 1.16 bits per heavy atom. The van der Waals surface area contributed by atoms with Crippen LogP contribution < -0.4 is 0 Å². The Bertz CT molecular complexity index is 727. The van der Waals surface area contributed by atoms with Crippen LogP contribution in [0.1, 0.15) is 38.8 Å². The molecule has 25 heavy (non-hydrogen) atoms. The van der Waals surface area contributed by atoms with Crippen molar-refractivity contribution in [3.8, 4) is 0 Å².